The van der Waals surface area contributed by atoms with E-state index in [1.54, 1.807) is 17.0 Å². The summed E-state index contributed by atoms with van der Waals surface area (Å²) in [7, 11) is -3.59. The molecule has 6 heteroatoms. The van der Waals surface area contributed by atoms with Crippen molar-refractivity contribution in [2.45, 2.75) is 17.7 Å². The Morgan fingerprint density at radius 1 is 1.28 bits per heavy atom. The van der Waals surface area contributed by atoms with Crippen LogP contribution in [0.5, 0.6) is 0 Å². The second-order valence-electron chi connectivity index (χ2n) is 4.42. The second-order valence-corrected chi connectivity index (χ2v) is 6.41. The van der Waals surface area contributed by atoms with Crippen LogP contribution in [0.15, 0.2) is 29.2 Å². The quantitative estimate of drug-likeness (QED) is 0.817. The standard InChI is InChI=1S/C12H16N2O3S/c13-10-4-3-5-11(8-10)18(16,17)9-12(15)14-6-1-2-7-14/h3-5,8H,1-2,6-7,9,13H2. The average molecular weight is 268 g/mol. The van der Waals surface area contributed by atoms with Crippen LogP contribution in [0.2, 0.25) is 0 Å². The molecule has 0 radical (unpaired) electrons. The molecule has 1 heterocycles. The summed E-state index contributed by atoms with van der Waals surface area (Å²) in [4.78, 5) is 13.5. The smallest absolute Gasteiger partial charge is 0.238 e. The fourth-order valence-electron chi connectivity index (χ4n) is 2.01. The molecule has 1 saturated heterocycles. The minimum absolute atomic E-state index is 0.107. The van der Waals surface area contributed by atoms with Gasteiger partial charge in [-0.05, 0) is 31.0 Å². The van der Waals surface area contributed by atoms with Crippen LogP contribution >= 0.6 is 0 Å². The zero-order valence-electron chi connectivity index (χ0n) is 10.0. The van der Waals surface area contributed by atoms with Crippen molar-refractivity contribution in [2.75, 3.05) is 24.6 Å². The maximum atomic E-state index is 12.0. The number of amides is 1. The van der Waals surface area contributed by atoms with Gasteiger partial charge >= 0.3 is 0 Å². The molecule has 1 fully saturated rings. The van der Waals surface area contributed by atoms with E-state index in [2.05, 4.69) is 0 Å². The van der Waals surface area contributed by atoms with Gasteiger partial charge in [0.2, 0.25) is 5.91 Å². The van der Waals surface area contributed by atoms with Crippen LogP contribution in [0.4, 0.5) is 5.69 Å². The lowest BCUT2D eigenvalue weighted by Gasteiger charge is -2.15. The molecule has 5 nitrogen and oxygen atoms in total. The van der Waals surface area contributed by atoms with Gasteiger partial charge in [0.05, 0.1) is 4.90 Å². The number of nitrogens with zero attached hydrogens (tertiary/aromatic N) is 1. The van der Waals surface area contributed by atoms with Gasteiger partial charge in [0.15, 0.2) is 9.84 Å². The van der Waals surface area contributed by atoms with Gasteiger partial charge in [-0.1, -0.05) is 6.07 Å². The maximum Gasteiger partial charge on any atom is 0.238 e. The number of rotatable bonds is 3. The molecular weight excluding hydrogens is 252 g/mol. The predicted molar refractivity (Wildman–Crippen MR) is 68.7 cm³/mol. The number of nitrogen functional groups attached to an aromatic ring is 1. The molecule has 2 N–H and O–H groups in total. The number of benzene rings is 1. The van der Waals surface area contributed by atoms with Crippen molar-refractivity contribution in [1.29, 1.82) is 0 Å². The molecule has 0 aliphatic carbocycles. The first-order chi connectivity index (χ1) is 8.49. The van der Waals surface area contributed by atoms with Gasteiger partial charge < -0.3 is 10.6 Å². The second kappa shape index (κ2) is 4.97. The van der Waals surface area contributed by atoms with Crippen LogP contribution in [-0.2, 0) is 14.6 Å². The number of anilines is 1. The van der Waals surface area contributed by atoms with E-state index in [0.29, 0.717) is 18.8 Å². The van der Waals surface area contributed by atoms with Gasteiger partial charge in [-0.3, -0.25) is 4.79 Å². The summed E-state index contributed by atoms with van der Waals surface area (Å²) >= 11 is 0. The fourth-order valence-corrected chi connectivity index (χ4v) is 3.29. The Morgan fingerprint density at radius 2 is 1.94 bits per heavy atom. The van der Waals surface area contributed by atoms with Crippen molar-refractivity contribution in [3.05, 3.63) is 24.3 Å². The van der Waals surface area contributed by atoms with E-state index in [4.69, 9.17) is 5.73 Å². The molecule has 18 heavy (non-hydrogen) atoms. The van der Waals surface area contributed by atoms with Crippen LogP contribution in [-0.4, -0.2) is 38.1 Å². The lowest BCUT2D eigenvalue weighted by Crippen LogP contribution is -2.33. The molecule has 2 rings (SSSR count). The zero-order valence-corrected chi connectivity index (χ0v) is 10.8. The molecule has 1 aliphatic rings. The van der Waals surface area contributed by atoms with Crippen molar-refractivity contribution in [3.8, 4) is 0 Å². The third-order valence-electron chi connectivity index (χ3n) is 2.99. The number of carbonyl (C=O) groups is 1. The number of hydrogen-bond donors (Lipinski definition) is 1. The summed E-state index contributed by atoms with van der Waals surface area (Å²) in [5.41, 5.74) is 5.93. The molecule has 98 valence electrons. The number of likely N-dealkylation sites (tertiary alicyclic amines) is 1. The van der Waals surface area contributed by atoms with Gasteiger partial charge in [0.25, 0.3) is 0 Å². The molecule has 1 aromatic rings. The first kappa shape index (κ1) is 12.9. The zero-order chi connectivity index (χ0) is 13.2. The Kier molecular flexibility index (Phi) is 3.56. The third-order valence-corrected chi connectivity index (χ3v) is 4.59. The minimum Gasteiger partial charge on any atom is -0.399 e. The van der Waals surface area contributed by atoms with Crippen molar-refractivity contribution < 1.29 is 13.2 Å². The van der Waals surface area contributed by atoms with Crippen molar-refractivity contribution in [3.63, 3.8) is 0 Å². The molecule has 1 aromatic carbocycles. The number of sulfone groups is 1. The molecule has 1 aliphatic heterocycles. The Hall–Kier alpha value is -1.56. The van der Waals surface area contributed by atoms with Gasteiger partial charge in [-0.2, -0.15) is 0 Å². The summed E-state index contributed by atoms with van der Waals surface area (Å²) in [6.45, 7) is 1.32. The van der Waals surface area contributed by atoms with Crippen molar-refractivity contribution in [1.82, 2.24) is 4.90 Å². The molecule has 0 saturated carbocycles. The first-order valence-electron chi connectivity index (χ1n) is 5.85. The van der Waals surface area contributed by atoms with Gasteiger partial charge in [-0.15, -0.1) is 0 Å². The number of hydrogen-bond acceptors (Lipinski definition) is 4. The van der Waals surface area contributed by atoms with Crippen LogP contribution < -0.4 is 5.73 Å². The fraction of sp³-hybridized carbons (Fsp3) is 0.417. The first-order valence-corrected chi connectivity index (χ1v) is 7.50. The monoisotopic (exact) mass is 268 g/mol. The minimum atomic E-state index is -3.59. The SMILES string of the molecule is Nc1cccc(S(=O)(=O)CC(=O)N2CCCC2)c1. The number of nitrogens with two attached hydrogens (primary N) is 1. The highest BCUT2D eigenvalue weighted by molar-refractivity contribution is 7.92. The molecule has 0 spiro atoms. The summed E-state index contributed by atoms with van der Waals surface area (Å²) in [5, 5.41) is 0. The molecule has 0 atom stereocenters. The van der Waals surface area contributed by atoms with E-state index in [1.165, 1.54) is 12.1 Å². The highest BCUT2D eigenvalue weighted by Gasteiger charge is 2.25. The van der Waals surface area contributed by atoms with E-state index in [-0.39, 0.29) is 10.8 Å². The topological polar surface area (TPSA) is 80.5 Å². The van der Waals surface area contributed by atoms with Crippen LogP contribution in [0.25, 0.3) is 0 Å². The molecule has 0 aromatic heterocycles. The highest BCUT2D eigenvalue weighted by Crippen LogP contribution is 2.16. The van der Waals surface area contributed by atoms with E-state index in [0.717, 1.165) is 12.8 Å². The lowest BCUT2D eigenvalue weighted by molar-refractivity contribution is -0.127. The van der Waals surface area contributed by atoms with Gasteiger partial charge in [0.1, 0.15) is 5.75 Å². The third kappa shape index (κ3) is 2.81. The van der Waals surface area contributed by atoms with Crippen molar-refractivity contribution >= 4 is 21.4 Å². The van der Waals surface area contributed by atoms with Crippen LogP contribution in [0.1, 0.15) is 12.8 Å². The largest absolute Gasteiger partial charge is 0.399 e. The Balaban J connectivity index is 2.14. The Labute approximate surface area is 107 Å². The predicted octanol–water partition coefficient (Wildman–Crippen LogP) is 0.665. The normalized spacial score (nSPS) is 15.9. The Morgan fingerprint density at radius 3 is 2.56 bits per heavy atom. The molecule has 1 amide bonds. The molecular formula is C12H16N2O3S. The Bertz CT molecular complexity index is 548. The summed E-state index contributed by atoms with van der Waals surface area (Å²) in [6.07, 6.45) is 1.90. The van der Waals surface area contributed by atoms with E-state index < -0.39 is 15.6 Å². The highest BCUT2D eigenvalue weighted by atomic mass is 32.2. The van der Waals surface area contributed by atoms with Gasteiger partial charge in [-0.25, -0.2) is 8.42 Å². The summed E-state index contributed by atoms with van der Waals surface area (Å²) in [5.74, 6) is -0.800. The molecule has 0 bridgehead atoms. The summed E-state index contributed by atoms with van der Waals surface area (Å²) < 4.78 is 24.1. The van der Waals surface area contributed by atoms with Crippen LogP contribution in [0.3, 0.4) is 0 Å². The number of carbonyl (C=O) groups excluding carboxylic acids is 1. The average Bonchev–Trinajstić information content (AvgIpc) is 2.82. The maximum absolute atomic E-state index is 12.0. The van der Waals surface area contributed by atoms with E-state index in [1.807, 2.05) is 0 Å². The van der Waals surface area contributed by atoms with E-state index in [9.17, 15) is 13.2 Å². The van der Waals surface area contributed by atoms with Crippen molar-refractivity contribution in [2.24, 2.45) is 0 Å². The van der Waals surface area contributed by atoms with E-state index >= 15 is 0 Å². The lowest BCUT2D eigenvalue weighted by atomic mass is 10.3. The van der Waals surface area contributed by atoms with Gasteiger partial charge in [0, 0.05) is 18.8 Å². The molecule has 0 unspecified atom stereocenters. The summed E-state index contributed by atoms with van der Waals surface area (Å²) in [6, 6.07) is 6.03. The van der Waals surface area contributed by atoms with Crippen LogP contribution in [0, 0.1) is 0 Å².